The lowest BCUT2D eigenvalue weighted by molar-refractivity contribution is 0.0837. The third-order valence-corrected chi connectivity index (χ3v) is 2.80. The Morgan fingerprint density at radius 1 is 1.50 bits per heavy atom. The minimum atomic E-state index is -0.473. The Kier molecular flexibility index (Phi) is 2.87. The SMILES string of the molecule is COc1cc(NC2CC(O)C2)c(N)cc1F. The Hall–Kier alpha value is -1.49. The molecule has 0 atom stereocenters. The summed E-state index contributed by atoms with van der Waals surface area (Å²) in [5.74, 6) is -0.309. The summed E-state index contributed by atoms with van der Waals surface area (Å²) in [6.45, 7) is 0. The minimum Gasteiger partial charge on any atom is -0.494 e. The molecule has 0 aromatic heterocycles. The van der Waals surface area contributed by atoms with E-state index in [0.29, 0.717) is 24.2 Å². The lowest BCUT2D eigenvalue weighted by Crippen LogP contribution is -2.39. The van der Waals surface area contributed by atoms with E-state index in [1.807, 2.05) is 0 Å². The predicted molar refractivity (Wildman–Crippen MR) is 60.0 cm³/mol. The van der Waals surface area contributed by atoms with E-state index in [1.54, 1.807) is 0 Å². The van der Waals surface area contributed by atoms with Gasteiger partial charge in [0.15, 0.2) is 11.6 Å². The van der Waals surface area contributed by atoms with Gasteiger partial charge in [-0.1, -0.05) is 0 Å². The maximum Gasteiger partial charge on any atom is 0.167 e. The summed E-state index contributed by atoms with van der Waals surface area (Å²) in [5, 5.41) is 12.3. The molecule has 1 aromatic rings. The standard InChI is InChI=1S/C11H15FN2O2/c1-16-11-5-10(9(13)4-8(11)12)14-6-2-7(15)3-6/h4-7,14-15H,2-3,13H2,1H3. The molecule has 1 fully saturated rings. The summed E-state index contributed by atoms with van der Waals surface area (Å²) in [6.07, 6.45) is 1.15. The monoisotopic (exact) mass is 226 g/mol. The lowest BCUT2D eigenvalue weighted by atomic mass is 9.89. The number of ether oxygens (including phenoxy) is 1. The van der Waals surface area contributed by atoms with E-state index in [0.717, 1.165) is 0 Å². The number of nitrogens with one attached hydrogen (secondary N) is 1. The molecule has 1 saturated carbocycles. The van der Waals surface area contributed by atoms with Crippen molar-refractivity contribution in [3.05, 3.63) is 17.9 Å². The molecule has 0 aliphatic heterocycles. The molecule has 1 aliphatic rings. The highest BCUT2D eigenvalue weighted by molar-refractivity contribution is 5.69. The molecule has 0 bridgehead atoms. The van der Waals surface area contributed by atoms with Gasteiger partial charge >= 0.3 is 0 Å². The van der Waals surface area contributed by atoms with E-state index < -0.39 is 5.82 Å². The van der Waals surface area contributed by atoms with E-state index in [-0.39, 0.29) is 17.9 Å². The van der Waals surface area contributed by atoms with Crippen LogP contribution in [0.5, 0.6) is 5.75 Å². The van der Waals surface area contributed by atoms with Gasteiger partial charge in [0.2, 0.25) is 0 Å². The van der Waals surface area contributed by atoms with Crippen molar-refractivity contribution in [3.63, 3.8) is 0 Å². The molecule has 1 aliphatic carbocycles. The fourth-order valence-corrected chi connectivity index (χ4v) is 1.78. The largest absolute Gasteiger partial charge is 0.494 e. The topological polar surface area (TPSA) is 67.5 Å². The molecule has 0 radical (unpaired) electrons. The molecule has 5 heteroatoms. The molecule has 4 N–H and O–H groups in total. The summed E-state index contributed by atoms with van der Waals surface area (Å²) in [4.78, 5) is 0. The van der Waals surface area contributed by atoms with Gasteiger partial charge < -0.3 is 20.9 Å². The first-order valence-electron chi connectivity index (χ1n) is 5.17. The van der Waals surface area contributed by atoms with E-state index in [4.69, 9.17) is 15.6 Å². The van der Waals surface area contributed by atoms with Crippen molar-refractivity contribution >= 4 is 11.4 Å². The van der Waals surface area contributed by atoms with Crippen LogP contribution in [0.25, 0.3) is 0 Å². The van der Waals surface area contributed by atoms with Crippen molar-refractivity contribution in [2.75, 3.05) is 18.2 Å². The number of benzene rings is 1. The quantitative estimate of drug-likeness (QED) is 0.681. The molecular formula is C11H15FN2O2. The molecule has 16 heavy (non-hydrogen) atoms. The van der Waals surface area contributed by atoms with Crippen LogP contribution < -0.4 is 15.8 Å². The molecular weight excluding hydrogens is 211 g/mol. The van der Waals surface area contributed by atoms with Crippen molar-refractivity contribution in [3.8, 4) is 5.75 Å². The third kappa shape index (κ3) is 2.04. The number of anilines is 2. The molecule has 1 aromatic carbocycles. The molecule has 0 spiro atoms. The number of aliphatic hydroxyl groups excluding tert-OH is 1. The summed E-state index contributed by atoms with van der Waals surface area (Å²) in [6, 6.07) is 2.97. The van der Waals surface area contributed by atoms with Gasteiger partial charge in [0.25, 0.3) is 0 Å². The van der Waals surface area contributed by atoms with Crippen LogP contribution >= 0.6 is 0 Å². The van der Waals surface area contributed by atoms with Crippen LogP contribution in [0.2, 0.25) is 0 Å². The maximum atomic E-state index is 13.3. The summed E-state index contributed by atoms with van der Waals surface area (Å²) >= 11 is 0. The first kappa shape index (κ1) is 11.0. The number of nitrogens with two attached hydrogens (primary N) is 1. The molecule has 4 nitrogen and oxygen atoms in total. The van der Waals surface area contributed by atoms with Crippen molar-refractivity contribution in [1.29, 1.82) is 0 Å². The van der Waals surface area contributed by atoms with E-state index in [1.165, 1.54) is 19.2 Å². The number of methoxy groups -OCH3 is 1. The highest BCUT2D eigenvalue weighted by atomic mass is 19.1. The Balaban J connectivity index is 2.13. The number of hydrogen-bond donors (Lipinski definition) is 3. The maximum absolute atomic E-state index is 13.3. The Labute approximate surface area is 93.2 Å². The zero-order chi connectivity index (χ0) is 11.7. The Morgan fingerprint density at radius 3 is 2.75 bits per heavy atom. The van der Waals surface area contributed by atoms with Gasteiger partial charge in [-0.2, -0.15) is 0 Å². The van der Waals surface area contributed by atoms with Gasteiger partial charge in [-0.25, -0.2) is 4.39 Å². The van der Waals surface area contributed by atoms with Crippen LogP contribution in [-0.2, 0) is 0 Å². The van der Waals surface area contributed by atoms with Gasteiger partial charge in [0.05, 0.1) is 24.6 Å². The van der Waals surface area contributed by atoms with Crippen LogP contribution in [0.4, 0.5) is 15.8 Å². The zero-order valence-electron chi connectivity index (χ0n) is 9.03. The van der Waals surface area contributed by atoms with Crippen molar-refractivity contribution < 1.29 is 14.2 Å². The average Bonchev–Trinajstić information content (AvgIpc) is 2.19. The number of aliphatic hydroxyl groups is 1. The smallest absolute Gasteiger partial charge is 0.167 e. The fourth-order valence-electron chi connectivity index (χ4n) is 1.78. The Morgan fingerprint density at radius 2 is 2.19 bits per heavy atom. The molecule has 0 unspecified atom stereocenters. The normalized spacial score (nSPS) is 23.7. The van der Waals surface area contributed by atoms with Crippen molar-refractivity contribution in [2.24, 2.45) is 0 Å². The van der Waals surface area contributed by atoms with Gasteiger partial charge in [-0.05, 0) is 12.8 Å². The van der Waals surface area contributed by atoms with Gasteiger partial charge in [0.1, 0.15) is 0 Å². The summed E-state index contributed by atoms with van der Waals surface area (Å²) in [5.41, 5.74) is 6.68. The Bertz CT molecular complexity index is 392. The van der Waals surface area contributed by atoms with Gasteiger partial charge in [-0.3, -0.25) is 0 Å². The average molecular weight is 226 g/mol. The molecule has 0 amide bonds. The number of nitrogen functional groups attached to an aromatic ring is 1. The second kappa shape index (κ2) is 4.17. The molecule has 88 valence electrons. The van der Waals surface area contributed by atoms with Crippen LogP contribution in [0.1, 0.15) is 12.8 Å². The molecule has 0 saturated heterocycles. The minimum absolute atomic E-state index is 0.163. The van der Waals surface area contributed by atoms with E-state index in [9.17, 15) is 4.39 Å². The van der Waals surface area contributed by atoms with Crippen LogP contribution in [0, 0.1) is 5.82 Å². The van der Waals surface area contributed by atoms with Gasteiger partial charge in [0, 0.05) is 18.2 Å². The van der Waals surface area contributed by atoms with Crippen LogP contribution in [0.15, 0.2) is 12.1 Å². The molecule has 0 heterocycles. The van der Waals surface area contributed by atoms with Crippen LogP contribution in [-0.4, -0.2) is 24.4 Å². The summed E-state index contributed by atoms with van der Waals surface area (Å²) in [7, 11) is 1.41. The van der Waals surface area contributed by atoms with E-state index in [2.05, 4.69) is 5.32 Å². The fraction of sp³-hybridized carbons (Fsp3) is 0.455. The van der Waals surface area contributed by atoms with E-state index >= 15 is 0 Å². The molecule has 2 rings (SSSR count). The first-order chi connectivity index (χ1) is 7.60. The van der Waals surface area contributed by atoms with Crippen LogP contribution in [0.3, 0.4) is 0 Å². The second-order valence-electron chi connectivity index (χ2n) is 4.04. The predicted octanol–water partition coefficient (Wildman–Crippen LogP) is 1.35. The number of rotatable bonds is 3. The van der Waals surface area contributed by atoms with Crippen molar-refractivity contribution in [2.45, 2.75) is 25.0 Å². The third-order valence-electron chi connectivity index (χ3n) is 2.80. The second-order valence-corrected chi connectivity index (χ2v) is 4.04. The zero-order valence-corrected chi connectivity index (χ0v) is 9.03. The first-order valence-corrected chi connectivity index (χ1v) is 5.17. The van der Waals surface area contributed by atoms with Crippen molar-refractivity contribution in [1.82, 2.24) is 0 Å². The highest BCUT2D eigenvalue weighted by Gasteiger charge is 2.27. The lowest BCUT2D eigenvalue weighted by Gasteiger charge is -2.33. The number of hydrogen-bond acceptors (Lipinski definition) is 4. The number of halogens is 1. The van der Waals surface area contributed by atoms with Gasteiger partial charge in [-0.15, -0.1) is 0 Å². The summed E-state index contributed by atoms with van der Waals surface area (Å²) < 4.78 is 18.1. The highest BCUT2D eigenvalue weighted by Crippen LogP contribution is 2.31.